The van der Waals surface area contributed by atoms with Gasteiger partial charge in [-0.25, -0.2) is 0 Å². The molecule has 1 aromatic rings. The van der Waals surface area contributed by atoms with Gasteiger partial charge in [-0.15, -0.1) is 0 Å². The Hall–Kier alpha value is -1.51. The average Bonchev–Trinajstić information content (AvgIpc) is 2.27. The molecular formula is C15H23NO2. The zero-order chi connectivity index (χ0) is 13.9. The van der Waals surface area contributed by atoms with E-state index in [-0.39, 0.29) is 11.3 Å². The highest BCUT2D eigenvalue weighted by atomic mass is 16.5. The zero-order valence-corrected chi connectivity index (χ0v) is 12.2. The summed E-state index contributed by atoms with van der Waals surface area (Å²) in [5.41, 5.74) is 2.31. The molecule has 0 aliphatic rings. The van der Waals surface area contributed by atoms with Crippen molar-refractivity contribution in [1.29, 1.82) is 0 Å². The molecule has 100 valence electrons. The zero-order valence-electron chi connectivity index (χ0n) is 12.2. The van der Waals surface area contributed by atoms with Crippen LogP contribution in [0.15, 0.2) is 18.2 Å². The highest BCUT2D eigenvalue weighted by molar-refractivity contribution is 5.72. The number of amides is 1. The number of nitrogens with zero attached hydrogens (tertiary/aromatic N) is 1. The van der Waals surface area contributed by atoms with Gasteiger partial charge in [0.1, 0.15) is 5.75 Å². The number of methoxy groups -OCH3 is 1. The Morgan fingerprint density at radius 1 is 1.33 bits per heavy atom. The summed E-state index contributed by atoms with van der Waals surface area (Å²) in [6.07, 6.45) is 0. The van der Waals surface area contributed by atoms with Crippen LogP contribution >= 0.6 is 0 Å². The van der Waals surface area contributed by atoms with Crippen molar-refractivity contribution in [1.82, 2.24) is 4.90 Å². The van der Waals surface area contributed by atoms with E-state index in [0.29, 0.717) is 6.54 Å². The molecule has 0 unspecified atom stereocenters. The van der Waals surface area contributed by atoms with Gasteiger partial charge in [0.15, 0.2) is 0 Å². The van der Waals surface area contributed by atoms with Crippen LogP contribution in [0.2, 0.25) is 0 Å². The Morgan fingerprint density at radius 3 is 2.39 bits per heavy atom. The Kier molecular flexibility index (Phi) is 4.38. The third kappa shape index (κ3) is 3.49. The minimum atomic E-state index is 0.0240. The molecule has 0 fully saturated rings. The molecule has 1 rings (SSSR count). The Balaban J connectivity index is 3.07. The fourth-order valence-corrected chi connectivity index (χ4v) is 1.82. The van der Waals surface area contributed by atoms with Crippen LogP contribution in [0, 0.1) is 0 Å². The molecule has 0 bridgehead atoms. The molecule has 0 radical (unpaired) electrons. The van der Waals surface area contributed by atoms with Crippen molar-refractivity contribution in [2.75, 3.05) is 14.2 Å². The SMILES string of the molecule is COc1ccc(CN(C)C(C)=O)cc1C(C)(C)C. The highest BCUT2D eigenvalue weighted by Crippen LogP contribution is 2.32. The number of rotatable bonds is 3. The summed E-state index contributed by atoms with van der Waals surface area (Å²) < 4.78 is 5.40. The quantitative estimate of drug-likeness (QED) is 0.824. The van der Waals surface area contributed by atoms with Gasteiger partial charge in [0.05, 0.1) is 7.11 Å². The van der Waals surface area contributed by atoms with E-state index in [2.05, 4.69) is 26.8 Å². The molecule has 0 aliphatic heterocycles. The summed E-state index contributed by atoms with van der Waals surface area (Å²) in [5, 5.41) is 0. The third-order valence-corrected chi connectivity index (χ3v) is 3.03. The first-order chi connectivity index (χ1) is 8.25. The van der Waals surface area contributed by atoms with E-state index in [4.69, 9.17) is 4.74 Å². The summed E-state index contributed by atoms with van der Waals surface area (Å²) in [5.74, 6) is 0.972. The van der Waals surface area contributed by atoms with Crippen molar-refractivity contribution in [2.45, 2.75) is 39.7 Å². The number of benzene rings is 1. The topological polar surface area (TPSA) is 29.5 Å². The maximum absolute atomic E-state index is 11.3. The lowest BCUT2D eigenvalue weighted by atomic mass is 9.85. The van der Waals surface area contributed by atoms with Crippen LogP contribution in [0.1, 0.15) is 38.8 Å². The second kappa shape index (κ2) is 5.42. The fraction of sp³-hybridized carbons (Fsp3) is 0.533. The van der Waals surface area contributed by atoms with Gasteiger partial charge in [0.2, 0.25) is 5.91 Å². The Labute approximate surface area is 110 Å². The Morgan fingerprint density at radius 2 is 1.94 bits per heavy atom. The molecule has 1 aromatic carbocycles. The van der Waals surface area contributed by atoms with Crippen molar-refractivity contribution in [3.8, 4) is 5.75 Å². The van der Waals surface area contributed by atoms with Gasteiger partial charge < -0.3 is 9.64 Å². The van der Waals surface area contributed by atoms with E-state index in [0.717, 1.165) is 11.3 Å². The van der Waals surface area contributed by atoms with Gasteiger partial charge >= 0.3 is 0 Å². The molecule has 0 spiro atoms. The molecule has 3 nitrogen and oxygen atoms in total. The van der Waals surface area contributed by atoms with E-state index >= 15 is 0 Å². The van der Waals surface area contributed by atoms with Gasteiger partial charge in [-0.1, -0.05) is 26.8 Å². The largest absolute Gasteiger partial charge is 0.496 e. The van der Waals surface area contributed by atoms with Crippen LogP contribution in [-0.4, -0.2) is 25.0 Å². The minimum Gasteiger partial charge on any atom is -0.496 e. The first kappa shape index (κ1) is 14.6. The highest BCUT2D eigenvalue weighted by Gasteiger charge is 2.19. The van der Waals surface area contributed by atoms with E-state index in [9.17, 15) is 4.79 Å². The van der Waals surface area contributed by atoms with Crippen molar-refractivity contribution in [3.05, 3.63) is 29.3 Å². The van der Waals surface area contributed by atoms with Crippen molar-refractivity contribution < 1.29 is 9.53 Å². The molecule has 0 N–H and O–H groups in total. The average molecular weight is 249 g/mol. The predicted octanol–water partition coefficient (Wildman–Crippen LogP) is 2.97. The molecule has 0 aromatic heterocycles. The van der Waals surface area contributed by atoms with E-state index in [1.807, 2.05) is 19.2 Å². The normalized spacial score (nSPS) is 11.2. The lowest BCUT2D eigenvalue weighted by molar-refractivity contribution is -0.128. The van der Waals surface area contributed by atoms with Gasteiger partial charge in [-0.05, 0) is 28.7 Å². The van der Waals surface area contributed by atoms with Crippen LogP contribution in [-0.2, 0) is 16.8 Å². The van der Waals surface area contributed by atoms with Gasteiger partial charge in [0, 0.05) is 20.5 Å². The lowest BCUT2D eigenvalue weighted by Crippen LogP contribution is -2.23. The first-order valence-electron chi connectivity index (χ1n) is 6.15. The van der Waals surface area contributed by atoms with Crippen molar-refractivity contribution in [3.63, 3.8) is 0 Å². The summed E-state index contributed by atoms with van der Waals surface area (Å²) in [7, 11) is 3.50. The molecule has 1 amide bonds. The minimum absolute atomic E-state index is 0.0240. The summed E-state index contributed by atoms with van der Waals surface area (Å²) >= 11 is 0. The molecule has 0 saturated carbocycles. The van der Waals surface area contributed by atoms with Crippen molar-refractivity contribution in [2.24, 2.45) is 0 Å². The standard InChI is InChI=1S/C15H23NO2/c1-11(17)16(5)10-12-7-8-14(18-6)13(9-12)15(2,3)4/h7-9H,10H2,1-6H3. The number of ether oxygens (including phenoxy) is 1. The van der Waals surface area contributed by atoms with Crippen LogP contribution in [0.4, 0.5) is 0 Å². The van der Waals surface area contributed by atoms with Gasteiger partial charge in [-0.2, -0.15) is 0 Å². The fourth-order valence-electron chi connectivity index (χ4n) is 1.82. The lowest BCUT2D eigenvalue weighted by Gasteiger charge is -2.24. The molecule has 18 heavy (non-hydrogen) atoms. The molecule has 0 heterocycles. The second-order valence-electron chi connectivity index (χ2n) is 5.66. The molecule has 0 aliphatic carbocycles. The van der Waals surface area contributed by atoms with E-state index in [1.165, 1.54) is 5.56 Å². The van der Waals surface area contributed by atoms with Crippen LogP contribution in [0.3, 0.4) is 0 Å². The van der Waals surface area contributed by atoms with Crippen LogP contribution in [0.25, 0.3) is 0 Å². The number of hydrogen-bond acceptors (Lipinski definition) is 2. The number of carbonyl (C=O) groups is 1. The smallest absolute Gasteiger partial charge is 0.219 e. The molecule has 3 heteroatoms. The second-order valence-corrected chi connectivity index (χ2v) is 5.66. The molecular weight excluding hydrogens is 226 g/mol. The monoisotopic (exact) mass is 249 g/mol. The van der Waals surface area contributed by atoms with Crippen molar-refractivity contribution >= 4 is 5.91 Å². The summed E-state index contributed by atoms with van der Waals surface area (Å²) in [4.78, 5) is 13.0. The molecule has 0 saturated heterocycles. The predicted molar refractivity (Wildman–Crippen MR) is 73.8 cm³/mol. The third-order valence-electron chi connectivity index (χ3n) is 3.03. The van der Waals surface area contributed by atoms with E-state index in [1.54, 1.807) is 18.9 Å². The van der Waals surface area contributed by atoms with Crippen LogP contribution in [0.5, 0.6) is 5.75 Å². The number of carbonyl (C=O) groups excluding carboxylic acids is 1. The molecule has 0 atom stereocenters. The van der Waals surface area contributed by atoms with Crippen LogP contribution < -0.4 is 4.74 Å². The maximum Gasteiger partial charge on any atom is 0.219 e. The van der Waals surface area contributed by atoms with E-state index < -0.39 is 0 Å². The van der Waals surface area contributed by atoms with Gasteiger partial charge in [-0.3, -0.25) is 4.79 Å². The maximum atomic E-state index is 11.3. The summed E-state index contributed by atoms with van der Waals surface area (Å²) in [6.45, 7) is 8.67. The van der Waals surface area contributed by atoms with Gasteiger partial charge in [0.25, 0.3) is 0 Å². The Bertz CT molecular complexity index is 433. The first-order valence-corrected chi connectivity index (χ1v) is 6.15. The number of hydrogen-bond donors (Lipinski definition) is 0. The summed E-state index contributed by atoms with van der Waals surface area (Å²) in [6, 6.07) is 6.11.